The molecule has 1 aromatic rings. The predicted molar refractivity (Wildman–Crippen MR) is 87.8 cm³/mol. The summed E-state index contributed by atoms with van der Waals surface area (Å²) in [5.41, 5.74) is 1.34. The fraction of sp³-hybridized carbons (Fsp3) is 0.529. The van der Waals surface area contributed by atoms with E-state index < -0.39 is 11.7 Å². The Morgan fingerprint density at radius 2 is 1.82 bits per heavy atom. The van der Waals surface area contributed by atoms with E-state index in [1.54, 1.807) is 0 Å². The van der Waals surface area contributed by atoms with Gasteiger partial charge >= 0.3 is 6.09 Å². The van der Waals surface area contributed by atoms with Gasteiger partial charge in [-0.25, -0.2) is 4.79 Å². The van der Waals surface area contributed by atoms with Crippen LogP contribution in [0.2, 0.25) is 0 Å². The van der Waals surface area contributed by atoms with Crippen LogP contribution < -0.4 is 0 Å². The van der Waals surface area contributed by atoms with Crippen molar-refractivity contribution in [1.29, 1.82) is 0 Å². The Bertz CT molecular complexity index is 488. The van der Waals surface area contributed by atoms with Crippen LogP contribution in [0.25, 0.3) is 0 Å². The maximum atomic E-state index is 12.1. The second-order valence-corrected chi connectivity index (χ2v) is 6.19. The molecule has 0 N–H and O–H groups in total. The first kappa shape index (κ1) is 18.2. The van der Waals surface area contributed by atoms with Crippen LogP contribution in [0.4, 0.5) is 4.79 Å². The molecular formula is C17H26N2O3. The Labute approximate surface area is 132 Å². The standard InChI is InChI=1S/C17H26N2O3/c1-14(2)18-19(16(20)22-17(3,4)5)11-12-21-13-15-9-7-6-8-10-15/h6-10H,11-13H2,1-5H3. The van der Waals surface area contributed by atoms with Gasteiger partial charge in [0.2, 0.25) is 0 Å². The van der Waals surface area contributed by atoms with Crippen LogP contribution in [-0.4, -0.2) is 35.6 Å². The molecule has 0 aliphatic rings. The first-order valence-electron chi connectivity index (χ1n) is 7.42. The average molecular weight is 306 g/mol. The Morgan fingerprint density at radius 1 is 1.18 bits per heavy atom. The van der Waals surface area contributed by atoms with Crippen LogP contribution in [0.3, 0.4) is 0 Å². The zero-order chi connectivity index (χ0) is 16.6. The van der Waals surface area contributed by atoms with Gasteiger partial charge in [0.15, 0.2) is 0 Å². The number of carbonyl (C=O) groups excluding carboxylic acids is 1. The largest absolute Gasteiger partial charge is 0.442 e. The summed E-state index contributed by atoms with van der Waals surface area (Å²) in [5.74, 6) is 0. The number of rotatable bonds is 6. The smallest absolute Gasteiger partial charge is 0.430 e. The van der Waals surface area contributed by atoms with Gasteiger partial charge in [0.1, 0.15) is 5.60 Å². The number of hydrogen-bond donors (Lipinski definition) is 0. The minimum atomic E-state index is -0.544. The summed E-state index contributed by atoms with van der Waals surface area (Å²) in [5, 5.41) is 5.51. The fourth-order valence-corrected chi connectivity index (χ4v) is 1.65. The van der Waals surface area contributed by atoms with Gasteiger partial charge in [-0.05, 0) is 40.2 Å². The lowest BCUT2D eigenvalue weighted by Gasteiger charge is -2.24. The van der Waals surface area contributed by atoms with Crippen LogP contribution in [0.1, 0.15) is 40.2 Å². The Balaban J connectivity index is 2.48. The summed E-state index contributed by atoms with van der Waals surface area (Å²) < 4.78 is 10.9. The predicted octanol–water partition coefficient (Wildman–Crippen LogP) is 3.84. The molecule has 1 amide bonds. The highest BCUT2D eigenvalue weighted by Crippen LogP contribution is 2.10. The van der Waals surface area contributed by atoms with Crippen molar-refractivity contribution in [1.82, 2.24) is 5.01 Å². The van der Waals surface area contributed by atoms with E-state index in [4.69, 9.17) is 9.47 Å². The van der Waals surface area contributed by atoms with Crippen molar-refractivity contribution in [3.05, 3.63) is 35.9 Å². The highest BCUT2D eigenvalue weighted by atomic mass is 16.6. The highest BCUT2D eigenvalue weighted by Gasteiger charge is 2.21. The van der Waals surface area contributed by atoms with Crippen LogP contribution in [-0.2, 0) is 16.1 Å². The maximum Gasteiger partial charge on any atom is 0.430 e. The molecule has 0 saturated heterocycles. The minimum Gasteiger partial charge on any atom is -0.442 e. The molecule has 0 aromatic heterocycles. The van der Waals surface area contributed by atoms with Crippen molar-refractivity contribution >= 4 is 11.8 Å². The van der Waals surface area contributed by atoms with Gasteiger partial charge in [0.25, 0.3) is 0 Å². The van der Waals surface area contributed by atoms with Crippen molar-refractivity contribution in [2.45, 2.75) is 46.8 Å². The monoisotopic (exact) mass is 306 g/mol. The van der Waals surface area contributed by atoms with Gasteiger partial charge in [-0.1, -0.05) is 30.3 Å². The molecule has 22 heavy (non-hydrogen) atoms. The van der Waals surface area contributed by atoms with Crippen molar-refractivity contribution in [3.63, 3.8) is 0 Å². The van der Waals surface area contributed by atoms with E-state index in [2.05, 4.69) is 5.10 Å². The fourth-order valence-electron chi connectivity index (χ4n) is 1.65. The topological polar surface area (TPSA) is 51.1 Å². The summed E-state index contributed by atoms with van der Waals surface area (Å²) in [6.45, 7) is 10.4. The Morgan fingerprint density at radius 3 is 2.36 bits per heavy atom. The zero-order valence-electron chi connectivity index (χ0n) is 14.1. The van der Waals surface area contributed by atoms with Gasteiger partial charge in [0.05, 0.1) is 19.8 Å². The molecule has 1 rings (SSSR count). The first-order valence-corrected chi connectivity index (χ1v) is 7.42. The molecule has 0 aliphatic carbocycles. The molecule has 5 nitrogen and oxygen atoms in total. The number of benzene rings is 1. The van der Waals surface area contributed by atoms with E-state index in [1.807, 2.05) is 65.0 Å². The molecule has 0 saturated carbocycles. The molecule has 0 heterocycles. The highest BCUT2D eigenvalue weighted by molar-refractivity contribution is 5.80. The number of nitrogens with zero attached hydrogens (tertiary/aromatic N) is 2. The van der Waals surface area contributed by atoms with E-state index in [1.165, 1.54) is 5.01 Å². The molecule has 122 valence electrons. The summed E-state index contributed by atoms with van der Waals surface area (Å²) in [6, 6.07) is 9.90. The molecule has 1 aromatic carbocycles. The molecular weight excluding hydrogens is 280 g/mol. The molecule has 0 spiro atoms. The molecule has 0 radical (unpaired) electrons. The van der Waals surface area contributed by atoms with Crippen molar-refractivity contribution in [2.24, 2.45) is 5.10 Å². The third kappa shape index (κ3) is 7.78. The van der Waals surface area contributed by atoms with Crippen molar-refractivity contribution in [2.75, 3.05) is 13.2 Å². The number of hydrogen-bond acceptors (Lipinski definition) is 4. The number of carbonyl (C=O) groups is 1. The summed E-state index contributed by atoms with van der Waals surface area (Å²) in [6.07, 6.45) is -0.461. The second kappa shape index (κ2) is 8.54. The van der Waals surface area contributed by atoms with Crippen LogP contribution in [0.15, 0.2) is 35.4 Å². The SMILES string of the molecule is CC(C)=NN(CCOCc1ccccc1)C(=O)OC(C)(C)C. The first-order chi connectivity index (χ1) is 10.3. The molecule has 0 atom stereocenters. The summed E-state index contributed by atoms with van der Waals surface area (Å²) in [4.78, 5) is 12.1. The second-order valence-electron chi connectivity index (χ2n) is 6.19. The lowest BCUT2D eigenvalue weighted by Crippen LogP contribution is -2.36. The zero-order valence-corrected chi connectivity index (χ0v) is 14.1. The number of hydrazone groups is 1. The maximum absolute atomic E-state index is 12.1. The van der Waals surface area contributed by atoms with Crippen LogP contribution in [0.5, 0.6) is 0 Å². The van der Waals surface area contributed by atoms with E-state index in [9.17, 15) is 4.79 Å². The third-order valence-electron chi connectivity index (χ3n) is 2.48. The van der Waals surface area contributed by atoms with Crippen molar-refractivity contribution in [3.8, 4) is 0 Å². The number of ether oxygens (including phenoxy) is 2. The normalized spacial score (nSPS) is 11.0. The molecule has 0 aliphatic heterocycles. The minimum absolute atomic E-state index is 0.354. The van der Waals surface area contributed by atoms with Crippen LogP contribution >= 0.6 is 0 Å². The molecule has 0 bridgehead atoms. The van der Waals surface area contributed by atoms with E-state index >= 15 is 0 Å². The quantitative estimate of drug-likeness (QED) is 0.456. The Hall–Kier alpha value is -1.88. The van der Waals surface area contributed by atoms with Gasteiger partial charge in [-0.3, -0.25) is 0 Å². The van der Waals surface area contributed by atoms with E-state index in [0.717, 1.165) is 11.3 Å². The van der Waals surface area contributed by atoms with Crippen molar-refractivity contribution < 1.29 is 14.3 Å². The van der Waals surface area contributed by atoms with Crippen LogP contribution in [0, 0.1) is 0 Å². The molecule has 5 heteroatoms. The lowest BCUT2D eigenvalue weighted by atomic mass is 10.2. The van der Waals surface area contributed by atoms with E-state index in [0.29, 0.717) is 19.8 Å². The van der Waals surface area contributed by atoms with Gasteiger partial charge in [-0.2, -0.15) is 10.1 Å². The van der Waals surface area contributed by atoms with Gasteiger partial charge in [-0.15, -0.1) is 0 Å². The third-order valence-corrected chi connectivity index (χ3v) is 2.48. The molecule has 0 unspecified atom stereocenters. The molecule has 0 fully saturated rings. The average Bonchev–Trinajstić information content (AvgIpc) is 2.41. The Kier molecular flexibility index (Phi) is 7.05. The van der Waals surface area contributed by atoms with Gasteiger partial charge in [0, 0.05) is 5.71 Å². The van der Waals surface area contributed by atoms with Gasteiger partial charge < -0.3 is 9.47 Å². The van der Waals surface area contributed by atoms with E-state index in [-0.39, 0.29) is 0 Å². The lowest BCUT2D eigenvalue weighted by molar-refractivity contribution is 0.0169. The summed E-state index contributed by atoms with van der Waals surface area (Å²) in [7, 11) is 0. The number of amides is 1. The summed E-state index contributed by atoms with van der Waals surface area (Å²) >= 11 is 0.